The first-order chi connectivity index (χ1) is 8.56. The molecule has 92 valence electrons. The molecule has 1 amide bonds. The summed E-state index contributed by atoms with van der Waals surface area (Å²) in [4.78, 5) is 15.9. The zero-order valence-corrected chi connectivity index (χ0v) is 9.64. The highest BCUT2D eigenvalue weighted by Crippen LogP contribution is 2.19. The summed E-state index contributed by atoms with van der Waals surface area (Å²) in [5.74, 6) is -1.16. The summed E-state index contributed by atoms with van der Waals surface area (Å²) in [6.07, 6.45) is 0. The maximum absolute atomic E-state index is 12.8. The number of aryl methyl sites for hydroxylation is 1. The molecule has 0 atom stereocenters. The molecule has 0 bridgehead atoms. The minimum atomic E-state index is -0.599. The summed E-state index contributed by atoms with van der Waals surface area (Å²) in [5, 5.41) is 12.0. The number of halogens is 1. The minimum absolute atomic E-state index is 0.000272. The lowest BCUT2D eigenvalue weighted by Gasteiger charge is -2.06. The quantitative estimate of drug-likeness (QED) is 0.855. The number of amides is 1. The van der Waals surface area contributed by atoms with Crippen molar-refractivity contribution in [3.63, 3.8) is 0 Å². The van der Waals surface area contributed by atoms with Crippen molar-refractivity contribution < 1.29 is 14.3 Å². The minimum Gasteiger partial charge on any atom is -0.507 e. The van der Waals surface area contributed by atoms with Gasteiger partial charge in [-0.25, -0.2) is 9.37 Å². The van der Waals surface area contributed by atoms with Crippen LogP contribution in [0.25, 0.3) is 0 Å². The number of rotatable bonds is 2. The van der Waals surface area contributed by atoms with Crippen LogP contribution in [0.3, 0.4) is 0 Å². The van der Waals surface area contributed by atoms with E-state index in [0.717, 1.165) is 17.8 Å². The summed E-state index contributed by atoms with van der Waals surface area (Å²) < 4.78 is 12.8. The van der Waals surface area contributed by atoms with E-state index in [-0.39, 0.29) is 5.56 Å². The fourth-order valence-electron chi connectivity index (χ4n) is 1.49. The van der Waals surface area contributed by atoms with Gasteiger partial charge in [0, 0.05) is 11.8 Å². The molecule has 0 saturated carbocycles. The second-order valence-electron chi connectivity index (χ2n) is 3.78. The van der Waals surface area contributed by atoms with Gasteiger partial charge in [-0.15, -0.1) is 0 Å². The summed E-state index contributed by atoms with van der Waals surface area (Å²) in [7, 11) is 0. The van der Waals surface area contributed by atoms with Gasteiger partial charge >= 0.3 is 0 Å². The number of pyridine rings is 1. The van der Waals surface area contributed by atoms with Crippen LogP contribution in [-0.4, -0.2) is 16.0 Å². The Morgan fingerprint density at radius 3 is 2.78 bits per heavy atom. The van der Waals surface area contributed by atoms with E-state index in [4.69, 9.17) is 0 Å². The monoisotopic (exact) mass is 246 g/mol. The summed E-state index contributed by atoms with van der Waals surface area (Å²) in [6, 6.07) is 8.39. The number of aromatic hydroxyl groups is 1. The van der Waals surface area contributed by atoms with Crippen molar-refractivity contribution in [3.05, 3.63) is 53.5 Å². The number of benzene rings is 1. The highest BCUT2D eigenvalue weighted by atomic mass is 19.1. The topological polar surface area (TPSA) is 62.2 Å². The van der Waals surface area contributed by atoms with Gasteiger partial charge in [-0.3, -0.25) is 4.79 Å². The Morgan fingerprint density at radius 2 is 2.11 bits per heavy atom. The van der Waals surface area contributed by atoms with Gasteiger partial charge < -0.3 is 10.4 Å². The normalized spacial score (nSPS) is 10.1. The molecule has 0 fully saturated rings. The lowest BCUT2D eigenvalue weighted by atomic mass is 10.2. The van der Waals surface area contributed by atoms with E-state index in [2.05, 4.69) is 10.3 Å². The number of aromatic nitrogens is 1. The zero-order valence-electron chi connectivity index (χ0n) is 9.64. The van der Waals surface area contributed by atoms with Crippen molar-refractivity contribution in [2.75, 3.05) is 5.32 Å². The number of phenols is 1. The summed E-state index contributed by atoms with van der Waals surface area (Å²) in [5.41, 5.74) is 0.760. The van der Waals surface area contributed by atoms with Crippen molar-refractivity contribution in [1.82, 2.24) is 4.98 Å². The Balaban J connectivity index is 2.22. The van der Waals surface area contributed by atoms with E-state index in [9.17, 15) is 14.3 Å². The molecular weight excluding hydrogens is 235 g/mol. The number of nitrogens with one attached hydrogen (secondary N) is 1. The van der Waals surface area contributed by atoms with Crippen LogP contribution in [0.5, 0.6) is 5.75 Å². The van der Waals surface area contributed by atoms with Gasteiger partial charge in [0.15, 0.2) is 0 Å². The Morgan fingerprint density at radius 1 is 1.33 bits per heavy atom. The standard InChI is InChI=1S/C13H11FN2O2/c1-8-3-2-4-12(15-8)16-13(18)10-6-5-9(14)7-11(10)17/h2-7,17H,1H3,(H,15,16,18). The Labute approximate surface area is 103 Å². The molecule has 0 unspecified atom stereocenters. The Hall–Kier alpha value is -2.43. The molecule has 0 spiro atoms. The smallest absolute Gasteiger partial charge is 0.260 e. The predicted octanol–water partition coefficient (Wildman–Crippen LogP) is 2.49. The van der Waals surface area contributed by atoms with E-state index < -0.39 is 17.5 Å². The van der Waals surface area contributed by atoms with Crippen molar-refractivity contribution in [2.24, 2.45) is 0 Å². The third-order valence-electron chi connectivity index (χ3n) is 2.33. The fraction of sp³-hybridized carbons (Fsp3) is 0.0769. The van der Waals surface area contributed by atoms with E-state index in [1.54, 1.807) is 25.1 Å². The molecule has 5 heteroatoms. The first kappa shape index (κ1) is 12.0. The lowest BCUT2D eigenvalue weighted by molar-refractivity contribution is 0.102. The van der Waals surface area contributed by atoms with E-state index in [1.165, 1.54) is 6.07 Å². The maximum Gasteiger partial charge on any atom is 0.260 e. The number of carbonyl (C=O) groups is 1. The van der Waals surface area contributed by atoms with E-state index >= 15 is 0 Å². The molecular formula is C13H11FN2O2. The second kappa shape index (κ2) is 4.83. The predicted molar refractivity (Wildman–Crippen MR) is 65.0 cm³/mol. The molecule has 0 radical (unpaired) electrons. The number of nitrogens with zero attached hydrogens (tertiary/aromatic N) is 1. The number of phenolic OH excluding ortho intramolecular Hbond substituents is 1. The van der Waals surface area contributed by atoms with Gasteiger partial charge in [0.05, 0.1) is 5.56 Å². The van der Waals surface area contributed by atoms with Gasteiger partial charge in [0.2, 0.25) is 0 Å². The van der Waals surface area contributed by atoms with Gasteiger partial charge in [0.1, 0.15) is 17.4 Å². The molecule has 0 aliphatic rings. The van der Waals surface area contributed by atoms with Crippen LogP contribution in [-0.2, 0) is 0 Å². The number of hydrogen-bond donors (Lipinski definition) is 2. The van der Waals surface area contributed by atoms with Crippen LogP contribution < -0.4 is 5.32 Å². The molecule has 18 heavy (non-hydrogen) atoms. The summed E-state index contributed by atoms with van der Waals surface area (Å²) in [6.45, 7) is 1.80. The third-order valence-corrected chi connectivity index (χ3v) is 2.33. The lowest BCUT2D eigenvalue weighted by Crippen LogP contribution is -2.13. The number of carbonyl (C=O) groups excluding carboxylic acids is 1. The fourth-order valence-corrected chi connectivity index (χ4v) is 1.49. The van der Waals surface area contributed by atoms with Crippen LogP contribution in [0.2, 0.25) is 0 Å². The van der Waals surface area contributed by atoms with Crippen LogP contribution >= 0.6 is 0 Å². The molecule has 1 heterocycles. The SMILES string of the molecule is Cc1cccc(NC(=O)c2ccc(F)cc2O)n1. The van der Waals surface area contributed by atoms with Gasteiger partial charge in [-0.05, 0) is 31.2 Å². The molecule has 0 saturated heterocycles. The van der Waals surface area contributed by atoms with Crippen LogP contribution in [0.15, 0.2) is 36.4 Å². The molecule has 2 aromatic rings. The van der Waals surface area contributed by atoms with E-state index in [1.807, 2.05) is 0 Å². The van der Waals surface area contributed by atoms with Gasteiger partial charge in [0.25, 0.3) is 5.91 Å². The van der Waals surface area contributed by atoms with Gasteiger partial charge in [-0.2, -0.15) is 0 Å². The van der Waals surface area contributed by atoms with E-state index in [0.29, 0.717) is 5.82 Å². The zero-order chi connectivity index (χ0) is 13.1. The Bertz CT molecular complexity index is 599. The maximum atomic E-state index is 12.8. The number of anilines is 1. The van der Waals surface area contributed by atoms with Crippen LogP contribution in [0.4, 0.5) is 10.2 Å². The molecule has 0 aliphatic heterocycles. The molecule has 4 nitrogen and oxygen atoms in total. The average Bonchev–Trinajstić information content (AvgIpc) is 2.28. The second-order valence-corrected chi connectivity index (χ2v) is 3.78. The molecule has 2 rings (SSSR count). The van der Waals surface area contributed by atoms with Crippen LogP contribution in [0, 0.1) is 12.7 Å². The van der Waals surface area contributed by atoms with Crippen molar-refractivity contribution >= 4 is 11.7 Å². The third kappa shape index (κ3) is 2.63. The number of hydrogen-bond acceptors (Lipinski definition) is 3. The first-order valence-corrected chi connectivity index (χ1v) is 5.30. The first-order valence-electron chi connectivity index (χ1n) is 5.30. The highest BCUT2D eigenvalue weighted by Gasteiger charge is 2.12. The van der Waals surface area contributed by atoms with Crippen molar-refractivity contribution in [2.45, 2.75) is 6.92 Å². The molecule has 1 aromatic carbocycles. The van der Waals surface area contributed by atoms with Crippen LogP contribution in [0.1, 0.15) is 16.1 Å². The molecule has 1 aromatic heterocycles. The van der Waals surface area contributed by atoms with Gasteiger partial charge in [-0.1, -0.05) is 6.07 Å². The molecule has 0 aliphatic carbocycles. The Kier molecular flexibility index (Phi) is 3.23. The highest BCUT2D eigenvalue weighted by molar-refractivity contribution is 6.05. The summed E-state index contributed by atoms with van der Waals surface area (Å²) >= 11 is 0. The average molecular weight is 246 g/mol. The van der Waals surface area contributed by atoms with Crippen molar-refractivity contribution in [3.8, 4) is 5.75 Å². The largest absolute Gasteiger partial charge is 0.507 e. The molecule has 2 N–H and O–H groups in total. The van der Waals surface area contributed by atoms with Crippen molar-refractivity contribution in [1.29, 1.82) is 0 Å².